The van der Waals surface area contributed by atoms with Crippen molar-refractivity contribution in [2.45, 2.75) is 0 Å². The minimum atomic E-state index is -0.657. The predicted molar refractivity (Wildman–Crippen MR) is 28.0 cm³/mol. The molecule has 0 fully saturated rings. The van der Waals surface area contributed by atoms with Crippen molar-refractivity contribution >= 4 is 43.9 Å². The summed E-state index contributed by atoms with van der Waals surface area (Å²) in [6.07, 6.45) is -0.657. The van der Waals surface area contributed by atoms with E-state index in [1.54, 1.807) is 0 Å². The van der Waals surface area contributed by atoms with Crippen molar-refractivity contribution < 1.29 is 14.3 Å². The van der Waals surface area contributed by atoms with E-state index in [-0.39, 0.29) is 37.7 Å². The number of carbonyl (C=O) groups excluding carboxylic acids is 1. The third-order valence-electron chi connectivity index (χ3n) is 0.333. The van der Waals surface area contributed by atoms with Crippen LogP contribution in [0.1, 0.15) is 0 Å². The van der Waals surface area contributed by atoms with Gasteiger partial charge in [-0.1, -0.05) is 0 Å². The average molecular weight is 132 g/mol. The Balaban J connectivity index is 0. The molecule has 0 radical (unpaired) electrons. The van der Waals surface area contributed by atoms with Crippen molar-refractivity contribution in [1.82, 2.24) is 0 Å². The molecule has 0 saturated heterocycles. The Kier molecular flexibility index (Phi) is 9.79. The van der Waals surface area contributed by atoms with Crippen molar-refractivity contribution in [1.29, 1.82) is 0 Å². The second-order valence-electron chi connectivity index (χ2n) is 0.658. The fourth-order valence-electron chi connectivity index (χ4n) is 0.0833. The summed E-state index contributed by atoms with van der Waals surface area (Å²) in [5, 5.41) is 0. The van der Waals surface area contributed by atoms with E-state index in [1.807, 2.05) is 0 Å². The molecule has 0 aromatic rings. The van der Waals surface area contributed by atoms with Gasteiger partial charge in [0.15, 0.2) is 0 Å². The zero-order valence-corrected chi connectivity index (χ0v) is 3.72. The summed E-state index contributed by atoms with van der Waals surface area (Å²) in [4.78, 5) is 9.74. The van der Waals surface area contributed by atoms with Crippen LogP contribution in [-0.4, -0.2) is 58.1 Å². The standard InChI is InChI=1S/C3H6O3.Ca.2H/c1-5-3(4)6-2;;;/h1-2H3;;;. The SMILES string of the molecule is COC(=O)OC.[CaH2]. The van der Waals surface area contributed by atoms with Crippen LogP contribution in [0.5, 0.6) is 0 Å². The fraction of sp³-hybridized carbons (Fsp3) is 0.667. The van der Waals surface area contributed by atoms with E-state index in [1.165, 1.54) is 14.2 Å². The molecule has 4 heteroatoms. The monoisotopic (exact) mass is 132 g/mol. The van der Waals surface area contributed by atoms with Crippen LogP contribution < -0.4 is 0 Å². The van der Waals surface area contributed by atoms with Crippen LogP contribution >= 0.6 is 0 Å². The first-order valence-electron chi connectivity index (χ1n) is 1.43. The molecule has 0 saturated carbocycles. The molecule has 40 valence electrons. The van der Waals surface area contributed by atoms with Crippen LogP contribution in [0.3, 0.4) is 0 Å². The van der Waals surface area contributed by atoms with Crippen LogP contribution in [0.25, 0.3) is 0 Å². The predicted octanol–water partition coefficient (Wildman–Crippen LogP) is -0.517. The molecular weight excluding hydrogens is 124 g/mol. The molecular formula is C3H8CaO3. The van der Waals surface area contributed by atoms with Crippen LogP contribution in [-0.2, 0) is 9.47 Å². The molecule has 0 aliphatic rings. The Morgan fingerprint density at radius 3 is 1.57 bits per heavy atom. The average Bonchev–Trinajstić information content (AvgIpc) is 1.65. The summed E-state index contributed by atoms with van der Waals surface area (Å²) in [7, 11) is 2.51. The van der Waals surface area contributed by atoms with Gasteiger partial charge < -0.3 is 9.47 Å². The fourth-order valence-corrected chi connectivity index (χ4v) is 0.0833. The molecule has 0 N–H and O–H groups in total. The number of carbonyl (C=O) groups is 1. The van der Waals surface area contributed by atoms with E-state index < -0.39 is 6.16 Å². The van der Waals surface area contributed by atoms with E-state index in [0.29, 0.717) is 0 Å². The van der Waals surface area contributed by atoms with Gasteiger partial charge in [0.05, 0.1) is 14.2 Å². The summed E-state index contributed by atoms with van der Waals surface area (Å²) >= 11 is 0. The number of hydrogen-bond acceptors (Lipinski definition) is 3. The number of rotatable bonds is 0. The first-order valence-corrected chi connectivity index (χ1v) is 1.43. The second kappa shape index (κ2) is 6.53. The maximum absolute atomic E-state index is 9.74. The Bertz CT molecular complexity index is 48.1. The zero-order chi connectivity index (χ0) is 4.99. The van der Waals surface area contributed by atoms with E-state index >= 15 is 0 Å². The molecule has 0 bridgehead atoms. The van der Waals surface area contributed by atoms with E-state index in [0.717, 1.165) is 0 Å². The van der Waals surface area contributed by atoms with Crippen molar-refractivity contribution in [3.05, 3.63) is 0 Å². The maximum atomic E-state index is 9.74. The molecule has 0 atom stereocenters. The Hall–Kier alpha value is 0.530. The van der Waals surface area contributed by atoms with Gasteiger partial charge in [-0.3, -0.25) is 0 Å². The molecule has 0 heterocycles. The normalized spacial score (nSPS) is 6.00. The number of hydrogen-bond donors (Lipinski definition) is 0. The van der Waals surface area contributed by atoms with Crippen molar-refractivity contribution in [3.8, 4) is 0 Å². The van der Waals surface area contributed by atoms with Crippen molar-refractivity contribution in [2.24, 2.45) is 0 Å². The summed E-state index contributed by atoms with van der Waals surface area (Å²) in [6, 6.07) is 0. The molecule has 0 amide bonds. The summed E-state index contributed by atoms with van der Waals surface area (Å²) in [6.45, 7) is 0. The van der Waals surface area contributed by atoms with Crippen molar-refractivity contribution in [2.75, 3.05) is 14.2 Å². The van der Waals surface area contributed by atoms with Gasteiger partial charge in [-0.15, -0.1) is 0 Å². The third-order valence-corrected chi connectivity index (χ3v) is 0.333. The Morgan fingerprint density at radius 1 is 1.29 bits per heavy atom. The summed E-state index contributed by atoms with van der Waals surface area (Å²) in [5.41, 5.74) is 0. The third kappa shape index (κ3) is 6.53. The van der Waals surface area contributed by atoms with Gasteiger partial charge in [0, 0.05) is 0 Å². The van der Waals surface area contributed by atoms with Crippen LogP contribution in [0, 0.1) is 0 Å². The summed E-state index contributed by atoms with van der Waals surface area (Å²) in [5.74, 6) is 0. The molecule has 0 aliphatic carbocycles. The Morgan fingerprint density at radius 2 is 1.57 bits per heavy atom. The Labute approximate surface area is 72.0 Å². The number of methoxy groups -OCH3 is 2. The summed E-state index contributed by atoms with van der Waals surface area (Å²) < 4.78 is 8.08. The molecule has 0 spiro atoms. The van der Waals surface area contributed by atoms with Gasteiger partial charge in [0.2, 0.25) is 0 Å². The van der Waals surface area contributed by atoms with Gasteiger partial charge in [-0.05, 0) is 0 Å². The van der Waals surface area contributed by atoms with Gasteiger partial charge in [0.1, 0.15) is 0 Å². The number of ether oxygens (including phenoxy) is 2. The molecule has 7 heavy (non-hydrogen) atoms. The van der Waals surface area contributed by atoms with E-state index in [9.17, 15) is 4.79 Å². The van der Waals surface area contributed by atoms with Gasteiger partial charge in [0.25, 0.3) is 0 Å². The van der Waals surface area contributed by atoms with Crippen LogP contribution in [0.2, 0.25) is 0 Å². The van der Waals surface area contributed by atoms with Crippen LogP contribution in [0.4, 0.5) is 4.79 Å². The van der Waals surface area contributed by atoms with Crippen LogP contribution in [0.15, 0.2) is 0 Å². The molecule has 0 aromatic carbocycles. The molecule has 3 nitrogen and oxygen atoms in total. The van der Waals surface area contributed by atoms with Gasteiger partial charge >= 0.3 is 43.9 Å². The molecule has 0 aliphatic heterocycles. The first-order chi connectivity index (χ1) is 2.81. The van der Waals surface area contributed by atoms with Gasteiger partial charge in [-0.2, -0.15) is 0 Å². The van der Waals surface area contributed by atoms with E-state index in [4.69, 9.17) is 0 Å². The minimum absolute atomic E-state index is 0. The zero-order valence-electron chi connectivity index (χ0n) is 3.72. The van der Waals surface area contributed by atoms with Crippen molar-refractivity contribution in [3.63, 3.8) is 0 Å². The topological polar surface area (TPSA) is 35.5 Å². The van der Waals surface area contributed by atoms with E-state index in [2.05, 4.69) is 9.47 Å². The van der Waals surface area contributed by atoms with Gasteiger partial charge in [-0.25, -0.2) is 4.79 Å². The molecule has 0 unspecified atom stereocenters. The second-order valence-corrected chi connectivity index (χ2v) is 0.658. The molecule has 0 aromatic heterocycles. The first kappa shape index (κ1) is 10.5. The molecule has 0 rings (SSSR count). The quantitative estimate of drug-likeness (QED) is 0.329.